The lowest BCUT2D eigenvalue weighted by Gasteiger charge is -2.13. The lowest BCUT2D eigenvalue weighted by Crippen LogP contribution is -2.22. The van der Waals surface area contributed by atoms with Crippen LogP contribution in [0, 0.1) is 38.2 Å². The van der Waals surface area contributed by atoms with Gasteiger partial charge < -0.3 is 28.4 Å². The van der Waals surface area contributed by atoms with E-state index >= 15 is 13.2 Å². The first-order valence-electron chi connectivity index (χ1n) is 36.8. The van der Waals surface area contributed by atoms with E-state index in [4.69, 9.17) is 49.0 Å². The molecule has 12 aromatic heterocycles. The topological polar surface area (TPSA) is 267 Å². The van der Waals surface area contributed by atoms with Crippen LogP contribution in [0.5, 0.6) is 34.5 Å². The van der Waals surface area contributed by atoms with E-state index in [-0.39, 0.29) is 27.6 Å². The highest BCUT2D eigenvalue weighted by Gasteiger charge is 2.28. The van der Waals surface area contributed by atoms with Gasteiger partial charge in [-0.05, 0) is 39.0 Å². The Morgan fingerprint density at radius 3 is 0.970 bits per heavy atom. The molecule has 99 heavy (non-hydrogen) atoms. The first-order valence-corrected chi connectivity index (χ1v) is 29.3. The van der Waals surface area contributed by atoms with Gasteiger partial charge in [-0.2, -0.15) is 15.3 Å². The minimum Gasteiger partial charge on any atom is -0.496 e. The van der Waals surface area contributed by atoms with Gasteiger partial charge in [-0.15, -0.1) is 0 Å². The number of ether oxygens (including phenoxy) is 6. The highest BCUT2D eigenvalue weighted by molar-refractivity contribution is 6.08. The third-order valence-corrected chi connectivity index (χ3v) is 16.7. The van der Waals surface area contributed by atoms with Gasteiger partial charge in [-0.3, -0.25) is 71.4 Å². The van der Waals surface area contributed by atoms with Gasteiger partial charge in [-0.1, -0.05) is 0 Å². The van der Waals surface area contributed by atoms with Crippen LogP contribution in [-0.2, 0) is 42.1 Å². The molecule has 0 bridgehead atoms. The number of imidazole rings is 3. The number of pyridine rings is 6. The Balaban J connectivity index is 0.000000149. The molecule has 15 rings (SSSR count). The van der Waals surface area contributed by atoms with Crippen molar-refractivity contribution in [3.63, 3.8) is 0 Å². The van der Waals surface area contributed by atoms with E-state index in [0.717, 1.165) is 66.8 Å². The van der Waals surface area contributed by atoms with Gasteiger partial charge in [0.2, 0.25) is 0 Å². The van der Waals surface area contributed by atoms with Gasteiger partial charge in [0.05, 0.1) is 177 Å². The zero-order valence-corrected chi connectivity index (χ0v) is 53.8. The van der Waals surface area contributed by atoms with Gasteiger partial charge >= 0.3 is 17.1 Å². The van der Waals surface area contributed by atoms with E-state index in [1.165, 1.54) is 69.3 Å². The van der Waals surface area contributed by atoms with Crippen molar-refractivity contribution >= 4 is 65.8 Å². The van der Waals surface area contributed by atoms with Crippen LogP contribution in [0.3, 0.4) is 0 Å². The lowest BCUT2D eigenvalue weighted by atomic mass is 10.0. The number of nitrogens with zero attached hydrogens (tertiary/aromatic N) is 18. The summed E-state index contributed by atoms with van der Waals surface area (Å²) in [4.78, 5) is 64.9. The number of rotatable bonds is 12. The smallest absolute Gasteiger partial charge is 0.333 e. The van der Waals surface area contributed by atoms with Crippen LogP contribution in [0.2, 0.25) is 0 Å². The first-order chi connectivity index (χ1) is 53.4. The zero-order valence-electron chi connectivity index (χ0n) is 68.8. The number of halogens is 3. The summed E-state index contributed by atoms with van der Waals surface area (Å²) < 4.78 is 202. The van der Waals surface area contributed by atoms with Gasteiger partial charge in [0.25, 0.3) is 0 Å². The number of aromatic nitrogens is 18. The molecule has 504 valence electrons. The summed E-state index contributed by atoms with van der Waals surface area (Å²) in [5.74, 6) is -3.13. The quantitative estimate of drug-likeness (QED) is 0.110. The Morgan fingerprint density at radius 2 is 0.687 bits per heavy atom. The van der Waals surface area contributed by atoms with E-state index in [9.17, 15) is 14.4 Å². The van der Waals surface area contributed by atoms with Crippen molar-refractivity contribution in [2.24, 2.45) is 42.1 Å². The van der Waals surface area contributed by atoms with E-state index in [1.54, 1.807) is 79.9 Å². The molecule has 0 N–H and O–H groups in total. The average Bonchev–Trinajstić information content (AvgIpc) is 1.57. The molecule has 0 amide bonds. The zero-order chi connectivity index (χ0) is 82.8. The number of benzene rings is 3. The molecule has 0 aliphatic heterocycles. The predicted molar refractivity (Wildman–Crippen MR) is 365 cm³/mol. The fourth-order valence-corrected chi connectivity index (χ4v) is 12.3. The fourth-order valence-electron chi connectivity index (χ4n) is 12.3. The molecule has 12 heterocycles. The maximum absolute atomic E-state index is 15.4. The molecule has 0 saturated carbocycles. The highest BCUT2D eigenvalue weighted by Crippen LogP contribution is 2.43. The molecule has 0 aliphatic carbocycles. The second-order valence-corrected chi connectivity index (χ2v) is 22.4. The number of methoxy groups -OCH3 is 6. The van der Waals surface area contributed by atoms with Gasteiger partial charge in [0.15, 0.2) is 34.7 Å². The number of fused-ring (bicyclic) bond motifs is 9. The number of hydrogen-bond donors (Lipinski definition) is 0. The third-order valence-electron chi connectivity index (χ3n) is 16.7. The molecule has 3 aromatic carbocycles. The van der Waals surface area contributed by atoms with Crippen molar-refractivity contribution in [3.8, 4) is 84.9 Å². The SMILES string of the molecule is [2H]C([2H])([2H])Oc1cncc(F)c1-n1c(=O)n(C([2H])([2H])[2H])c2cnc3cc(OC)c(-c4cn(C)nc4C)cc3c21.[2H]C([2H])([2H])Oc1cncc(F)c1-n1c(=O)n(C)c2cnc3cc(OC)c(-c4cn(C([2H])([2H])[2H])nc4C)cc3c21.[2H]C([2H])([2H])Oc1cncc(F)c1-n1c(=O)n(C)c2cnc3cc(OC)c(-c4cn(C)nc4C)cc3c21. The molecule has 30 heteroatoms. The summed E-state index contributed by atoms with van der Waals surface area (Å²) in [6, 6.07) is 9.99. The van der Waals surface area contributed by atoms with Gasteiger partial charge in [0, 0.05) is 137 Å². The van der Waals surface area contributed by atoms with Crippen LogP contribution in [0.4, 0.5) is 13.2 Å². The van der Waals surface area contributed by atoms with Gasteiger partial charge in [-0.25, -0.2) is 27.6 Å². The fraction of sp³-hybridized carbons (Fsp3) is 0.217. The third kappa shape index (κ3) is 10.6. The molecule has 0 fully saturated rings. The Hall–Kier alpha value is -12.6. The van der Waals surface area contributed by atoms with E-state index in [0.29, 0.717) is 105 Å². The second kappa shape index (κ2) is 25.2. The van der Waals surface area contributed by atoms with Crippen molar-refractivity contribution in [1.29, 1.82) is 0 Å². The van der Waals surface area contributed by atoms with Crippen molar-refractivity contribution in [2.75, 3.05) is 42.4 Å². The average molecular weight is 1360 g/mol. The molecule has 0 radical (unpaired) electrons. The summed E-state index contributed by atoms with van der Waals surface area (Å²) in [6.45, 7) is -0.201. The van der Waals surface area contributed by atoms with Crippen molar-refractivity contribution in [2.45, 2.75) is 20.8 Å². The standard InChI is InChI=1S/3C23H21FN6O3/c3*1-12-15(11-28(2)27-12)13-6-14-17(7-19(13)32-4)26-9-18-21(14)30(23(31)29(18)3)22-16(24)8-25-10-20(22)33-5/h3*6-11H,1-5H3/i3D3,5D3;2D3,5D3;5D3. The van der Waals surface area contributed by atoms with E-state index in [2.05, 4.69) is 45.2 Å². The van der Waals surface area contributed by atoms with Crippen LogP contribution >= 0.6 is 0 Å². The summed E-state index contributed by atoms with van der Waals surface area (Å²) in [5, 5.41) is 14.0. The summed E-state index contributed by atoms with van der Waals surface area (Å²) in [5.41, 5.74) is 3.84. The molecule has 15 aromatic rings. The number of hydrogen-bond acceptors (Lipinski definition) is 18. The Labute approximate surface area is 580 Å². The normalized spacial score (nSPS) is 14.3. The largest absolute Gasteiger partial charge is 0.496 e. The Kier molecular flexibility index (Phi) is 12.5. The second-order valence-electron chi connectivity index (χ2n) is 22.4. The minimum absolute atomic E-state index is 0.0351. The molecule has 0 spiro atoms. The van der Waals surface area contributed by atoms with E-state index < -0.39 is 98.2 Å². The van der Waals surface area contributed by atoms with Crippen LogP contribution < -0.4 is 45.5 Å². The first kappa shape index (κ1) is 49.0. The van der Waals surface area contributed by atoms with Gasteiger partial charge in [0.1, 0.15) is 34.3 Å². The molecule has 27 nitrogen and oxygen atoms in total. The Bertz CT molecular complexity index is 6610. The van der Waals surface area contributed by atoms with Crippen LogP contribution in [0.25, 0.3) is 116 Å². The molecule has 0 aliphatic rings. The molecular formula is C69H63F3N18O9. The molecule has 0 unspecified atom stereocenters. The summed E-state index contributed by atoms with van der Waals surface area (Å²) in [7, 11) is 2.14. The minimum atomic E-state index is -3.02. The van der Waals surface area contributed by atoms with Crippen molar-refractivity contribution < 1.29 is 62.2 Å². The summed E-state index contributed by atoms with van der Waals surface area (Å²) in [6.07, 6.45) is 14.6. The van der Waals surface area contributed by atoms with Crippen LogP contribution in [-0.4, -0.2) is 129 Å². The predicted octanol–water partition coefficient (Wildman–Crippen LogP) is 9.41. The maximum atomic E-state index is 15.4. The van der Waals surface area contributed by atoms with Crippen molar-refractivity contribution in [1.82, 2.24) is 86.6 Å². The highest BCUT2D eigenvalue weighted by atomic mass is 19.1. The molecular weight excluding hydrogens is 1280 g/mol. The van der Waals surface area contributed by atoms with Crippen LogP contribution in [0.1, 0.15) is 37.6 Å². The molecule has 0 saturated heterocycles. The van der Waals surface area contributed by atoms with E-state index in [1.807, 2.05) is 13.1 Å². The number of aryl methyl sites for hydroxylation is 9. The molecule has 0 atom stereocenters. The monoisotopic (exact) mass is 1360 g/mol. The Morgan fingerprint density at radius 1 is 0.374 bits per heavy atom. The lowest BCUT2D eigenvalue weighted by molar-refractivity contribution is 0.406. The maximum Gasteiger partial charge on any atom is 0.333 e. The van der Waals surface area contributed by atoms with Crippen molar-refractivity contribution in [3.05, 3.63) is 177 Å². The van der Waals surface area contributed by atoms with Crippen LogP contribution in [0.15, 0.2) is 125 Å². The summed E-state index contributed by atoms with van der Waals surface area (Å²) >= 11 is 0.